The van der Waals surface area contributed by atoms with Crippen molar-refractivity contribution in [1.82, 2.24) is 10.2 Å². The number of nitrogens with zero attached hydrogens (tertiary/aromatic N) is 1. The number of rotatable bonds is 1. The van der Waals surface area contributed by atoms with Crippen LogP contribution in [0.2, 0.25) is 0 Å². The third-order valence-corrected chi connectivity index (χ3v) is 1.81. The zero-order valence-electron chi connectivity index (χ0n) is 8.30. The van der Waals surface area contributed by atoms with Gasteiger partial charge in [-0.05, 0) is 6.92 Å². The fourth-order valence-corrected chi connectivity index (χ4v) is 1.21. The van der Waals surface area contributed by atoms with Crippen LogP contribution in [0.25, 0.3) is 0 Å². The minimum atomic E-state index is -0.238. The van der Waals surface area contributed by atoms with Crippen LogP contribution in [0.4, 0.5) is 0 Å². The predicted octanol–water partition coefficient (Wildman–Crippen LogP) is 1.62. The van der Waals surface area contributed by atoms with E-state index in [0.717, 1.165) is 0 Å². The number of aromatic amines is 1. The van der Waals surface area contributed by atoms with Crippen molar-refractivity contribution in [2.75, 3.05) is 0 Å². The molecule has 0 aliphatic heterocycles. The summed E-state index contributed by atoms with van der Waals surface area (Å²) in [6.07, 6.45) is 0. The molecular weight excluding hydrogens is 168 g/mol. The third-order valence-electron chi connectivity index (χ3n) is 1.81. The summed E-state index contributed by atoms with van der Waals surface area (Å²) in [5.74, 6) is -0.311. The highest BCUT2D eigenvalue weighted by Crippen LogP contribution is 2.28. The number of ketones is 1. The summed E-state index contributed by atoms with van der Waals surface area (Å²) >= 11 is 0. The lowest BCUT2D eigenvalue weighted by Gasteiger charge is -2.15. The molecule has 0 radical (unpaired) electrons. The van der Waals surface area contributed by atoms with E-state index in [1.165, 1.54) is 6.92 Å². The van der Waals surface area contributed by atoms with Crippen molar-refractivity contribution in [3.8, 4) is 5.88 Å². The van der Waals surface area contributed by atoms with Gasteiger partial charge in [-0.1, -0.05) is 20.8 Å². The summed E-state index contributed by atoms with van der Waals surface area (Å²) < 4.78 is 0. The van der Waals surface area contributed by atoms with E-state index < -0.39 is 0 Å². The van der Waals surface area contributed by atoms with Gasteiger partial charge in [-0.15, -0.1) is 0 Å². The smallest absolute Gasteiger partial charge is 0.218 e. The molecule has 0 unspecified atom stereocenters. The van der Waals surface area contributed by atoms with Crippen molar-refractivity contribution < 1.29 is 9.90 Å². The number of carbonyl (C=O) groups excluding carboxylic acids is 1. The van der Waals surface area contributed by atoms with Crippen LogP contribution in [0.5, 0.6) is 5.88 Å². The maximum atomic E-state index is 11.2. The summed E-state index contributed by atoms with van der Waals surface area (Å²) in [7, 11) is 0. The first kappa shape index (κ1) is 9.77. The summed E-state index contributed by atoms with van der Waals surface area (Å²) in [4.78, 5) is 11.2. The number of nitrogens with one attached hydrogen (secondary N) is 1. The largest absolute Gasteiger partial charge is 0.493 e. The Morgan fingerprint density at radius 1 is 1.46 bits per heavy atom. The van der Waals surface area contributed by atoms with Gasteiger partial charge in [0.25, 0.3) is 0 Å². The summed E-state index contributed by atoms with van der Waals surface area (Å²) in [6, 6.07) is 0. The number of hydrogen-bond acceptors (Lipinski definition) is 3. The van der Waals surface area contributed by atoms with Crippen molar-refractivity contribution in [3.63, 3.8) is 0 Å². The van der Waals surface area contributed by atoms with Crippen LogP contribution in [0.15, 0.2) is 0 Å². The van der Waals surface area contributed by atoms with E-state index in [0.29, 0.717) is 11.3 Å². The number of Topliss-reactive ketones (excluding diaryl/α,β-unsaturated/α-hetero) is 1. The van der Waals surface area contributed by atoms with E-state index in [4.69, 9.17) is 0 Å². The molecular formula is C9H14N2O2. The maximum absolute atomic E-state index is 11.2. The number of aromatic hydroxyl groups is 1. The maximum Gasteiger partial charge on any atom is 0.218 e. The molecule has 0 spiro atoms. The third kappa shape index (κ3) is 1.71. The molecule has 4 nitrogen and oxygen atoms in total. The second-order valence-corrected chi connectivity index (χ2v) is 4.10. The van der Waals surface area contributed by atoms with Crippen molar-refractivity contribution >= 4 is 5.78 Å². The first-order valence-electron chi connectivity index (χ1n) is 4.12. The summed E-state index contributed by atoms with van der Waals surface area (Å²) in [6.45, 7) is 7.24. The molecule has 1 rings (SSSR count). The molecule has 0 aliphatic carbocycles. The van der Waals surface area contributed by atoms with E-state index in [2.05, 4.69) is 10.2 Å². The number of carbonyl (C=O) groups is 1. The zero-order valence-corrected chi connectivity index (χ0v) is 8.30. The van der Waals surface area contributed by atoms with Crippen LogP contribution >= 0.6 is 0 Å². The van der Waals surface area contributed by atoms with Crippen LogP contribution in [-0.4, -0.2) is 21.1 Å². The average Bonchev–Trinajstić information content (AvgIpc) is 2.28. The number of aromatic nitrogens is 2. The van der Waals surface area contributed by atoms with E-state index >= 15 is 0 Å². The van der Waals surface area contributed by atoms with Gasteiger partial charge in [0.15, 0.2) is 5.78 Å². The van der Waals surface area contributed by atoms with E-state index in [9.17, 15) is 9.90 Å². The van der Waals surface area contributed by atoms with Crippen LogP contribution < -0.4 is 0 Å². The molecule has 72 valence electrons. The highest BCUT2D eigenvalue weighted by atomic mass is 16.3. The molecule has 0 fully saturated rings. The molecule has 0 bridgehead atoms. The van der Waals surface area contributed by atoms with Gasteiger partial charge in [0.1, 0.15) is 5.56 Å². The first-order valence-corrected chi connectivity index (χ1v) is 4.12. The van der Waals surface area contributed by atoms with E-state index in [1.807, 2.05) is 20.8 Å². The monoisotopic (exact) mass is 182 g/mol. The van der Waals surface area contributed by atoms with Gasteiger partial charge in [-0.25, -0.2) is 5.10 Å². The predicted molar refractivity (Wildman–Crippen MR) is 49.0 cm³/mol. The minimum Gasteiger partial charge on any atom is -0.493 e. The van der Waals surface area contributed by atoms with Crippen molar-refractivity contribution in [3.05, 3.63) is 11.3 Å². The molecule has 0 aliphatic rings. The Hall–Kier alpha value is -1.32. The average molecular weight is 182 g/mol. The second-order valence-electron chi connectivity index (χ2n) is 4.10. The van der Waals surface area contributed by atoms with Crippen LogP contribution in [0.1, 0.15) is 43.7 Å². The Kier molecular flexibility index (Phi) is 2.15. The Bertz CT molecular complexity index is 334. The zero-order chi connectivity index (χ0) is 10.2. The highest BCUT2D eigenvalue weighted by Gasteiger charge is 2.26. The second kappa shape index (κ2) is 2.87. The quantitative estimate of drug-likeness (QED) is 0.648. The van der Waals surface area contributed by atoms with Gasteiger partial charge in [-0.2, -0.15) is 5.10 Å². The van der Waals surface area contributed by atoms with Crippen molar-refractivity contribution in [2.45, 2.75) is 33.1 Å². The van der Waals surface area contributed by atoms with Gasteiger partial charge in [0.2, 0.25) is 5.88 Å². The molecule has 13 heavy (non-hydrogen) atoms. The SMILES string of the molecule is CC(=O)c1c(C(C)(C)C)n[nH]c1O. The lowest BCUT2D eigenvalue weighted by molar-refractivity contribution is 0.101. The fraction of sp³-hybridized carbons (Fsp3) is 0.556. The van der Waals surface area contributed by atoms with Gasteiger partial charge in [0.05, 0.1) is 5.69 Å². The Morgan fingerprint density at radius 3 is 2.31 bits per heavy atom. The Labute approximate surface area is 77.0 Å². The van der Waals surface area contributed by atoms with Crippen LogP contribution in [-0.2, 0) is 5.41 Å². The highest BCUT2D eigenvalue weighted by molar-refractivity contribution is 5.97. The lowest BCUT2D eigenvalue weighted by atomic mass is 9.88. The number of hydrogen-bond donors (Lipinski definition) is 2. The van der Waals surface area contributed by atoms with E-state index in [1.54, 1.807) is 0 Å². The van der Waals surface area contributed by atoms with Gasteiger partial charge in [-0.3, -0.25) is 4.79 Å². The molecule has 1 heterocycles. The standard InChI is InChI=1S/C9H14N2O2/c1-5(12)6-7(9(2,3)4)10-11-8(6)13/h1-4H3,(H2,10,11,13). The normalized spacial score (nSPS) is 11.7. The minimum absolute atomic E-state index is 0.141. The van der Waals surface area contributed by atoms with Gasteiger partial charge >= 0.3 is 0 Å². The molecule has 1 aromatic heterocycles. The van der Waals surface area contributed by atoms with Crippen molar-refractivity contribution in [2.24, 2.45) is 0 Å². The molecule has 1 aromatic rings. The molecule has 4 heteroatoms. The first-order chi connectivity index (χ1) is 5.84. The summed E-state index contributed by atoms with van der Waals surface area (Å²) in [5.41, 5.74) is 0.670. The van der Waals surface area contributed by atoms with Crippen LogP contribution in [0.3, 0.4) is 0 Å². The Balaban J connectivity index is 3.31. The molecule has 0 saturated carbocycles. The Morgan fingerprint density at radius 2 is 2.00 bits per heavy atom. The number of H-pyrrole nitrogens is 1. The fourth-order valence-electron chi connectivity index (χ4n) is 1.21. The van der Waals surface area contributed by atoms with Gasteiger partial charge < -0.3 is 5.11 Å². The molecule has 0 aromatic carbocycles. The van der Waals surface area contributed by atoms with Crippen LogP contribution in [0, 0.1) is 0 Å². The van der Waals surface area contributed by atoms with E-state index in [-0.39, 0.29) is 17.1 Å². The molecule has 0 saturated heterocycles. The van der Waals surface area contributed by atoms with Crippen molar-refractivity contribution in [1.29, 1.82) is 0 Å². The lowest BCUT2D eigenvalue weighted by Crippen LogP contribution is -2.15. The topological polar surface area (TPSA) is 66.0 Å². The molecule has 0 amide bonds. The van der Waals surface area contributed by atoms with Gasteiger partial charge in [0, 0.05) is 5.41 Å². The molecule has 2 N–H and O–H groups in total. The summed E-state index contributed by atoms with van der Waals surface area (Å²) in [5, 5.41) is 15.6. The molecule has 0 atom stereocenters.